The zero-order chi connectivity index (χ0) is 15.5. The molecule has 2 heterocycles. The van der Waals surface area contributed by atoms with Gasteiger partial charge in [0.25, 0.3) is 5.91 Å². The minimum Gasteiger partial charge on any atom is -0.338 e. The summed E-state index contributed by atoms with van der Waals surface area (Å²) < 4.78 is 0. The van der Waals surface area contributed by atoms with Crippen LogP contribution in [-0.4, -0.2) is 40.4 Å². The highest BCUT2D eigenvalue weighted by atomic mass is 16.2. The molecule has 0 bridgehead atoms. The van der Waals surface area contributed by atoms with E-state index in [0.29, 0.717) is 36.8 Å². The highest BCUT2D eigenvalue weighted by molar-refractivity contribution is 5.95. The fraction of sp³-hybridized carbons (Fsp3) is 0.353. The number of carbonyl (C=O) groups excluding carboxylic acids is 1. The Kier molecular flexibility index (Phi) is 4.15. The van der Waals surface area contributed by atoms with Crippen LogP contribution in [0, 0.1) is 12.8 Å². The summed E-state index contributed by atoms with van der Waals surface area (Å²) in [7, 11) is 0. The molecule has 22 heavy (non-hydrogen) atoms. The maximum atomic E-state index is 12.7. The summed E-state index contributed by atoms with van der Waals surface area (Å²) in [6.45, 7) is 3.79. The zero-order valence-corrected chi connectivity index (χ0v) is 12.6. The smallest absolute Gasteiger partial charge is 0.257 e. The fourth-order valence-electron chi connectivity index (χ4n) is 3.12. The number of benzene rings is 1. The second-order valence-corrected chi connectivity index (χ2v) is 5.74. The van der Waals surface area contributed by atoms with Crippen LogP contribution in [0.2, 0.25) is 0 Å². The Morgan fingerprint density at radius 2 is 2.09 bits per heavy atom. The molecule has 0 aliphatic carbocycles. The van der Waals surface area contributed by atoms with Crippen molar-refractivity contribution >= 4 is 5.91 Å². The van der Waals surface area contributed by atoms with Crippen molar-refractivity contribution < 1.29 is 4.79 Å². The Balaban J connectivity index is 1.83. The summed E-state index contributed by atoms with van der Waals surface area (Å²) in [5, 5.41) is 0. The topological polar surface area (TPSA) is 72.1 Å². The summed E-state index contributed by atoms with van der Waals surface area (Å²) in [5.74, 6) is 0.575. The number of likely N-dealkylation sites (tertiary alicyclic amines) is 1. The first-order chi connectivity index (χ1) is 10.7. The van der Waals surface area contributed by atoms with Gasteiger partial charge in [-0.25, -0.2) is 9.97 Å². The summed E-state index contributed by atoms with van der Waals surface area (Å²) in [6, 6.07) is 10.3. The third-order valence-corrected chi connectivity index (χ3v) is 4.40. The Morgan fingerprint density at radius 1 is 1.32 bits per heavy atom. The molecule has 1 aromatic carbocycles. The standard InChI is InChI=1S/C17H20N4O/c1-12-15(8-19-11-20-12)17(22)21-9-14(7-18)16(10-21)13-5-3-2-4-6-13/h2-6,8,11,14,16H,7,9-10,18H2,1H3/t14-,16+/m1/s1. The molecule has 0 saturated carbocycles. The van der Waals surface area contributed by atoms with Gasteiger partial charge in [0.15, 0.2) is 0 Å². The zero-order valence-electron chi connectivity index (χ0n) is 12.6. The lowest BCUT2D eigenvalue weighted by Gasteiger charge is -2.17. The number of aromatic nitrogens is 2. The second-order valence-electron chi connectivity index (χ2n) is 5.74. The van der Waals surface area contributed by atoms with Crippen molar-refractivity contribution in [3.8, 4) is 0 Å². The molecule has 5 heteroatoms. The van der Waals surface area contributed by atoms with Crippen LogP contribution in [0.1, 0.15) is 27.5 Å². The summed E-state index contributed by atoms with van der Waals surface area (Å²) in [5.41, 5.74) is 8.47. The van der Waals surface area contributed by atoms with Gasteiger partial charge in [0.05, 0.1) is 11.3 Å². The van der Waals surface area contributed by atoms with E-state index in [1.165, 1.54) is 11.9 Å². The lowest BCUT2D eigenvalue weighted by molar-refractivity contribution is 0.0784. The van der Waals surface area contributed by atoms with Gasteiger partial charge >= 0.3 is 0 Å². The molecular weight excluding hydrogens is 276 g/mol. The Hall–Kier alpha value is -2.27. The van der Waals surface area contributed by atoms with E-state index in [0.717, 1.165) is 0 Å². The van der Waals surface area contributed by atoms with E-state index in [4.69, 9.17) is 5.73 Å². The van der Waals surface area contributed by atoms with Gasteiger partial charge in [-0.2, -0.15) is 0 Å². The van der Waals surface area contributed by atoms with E-state index >= 15 is 0 Å². The average Bonchev–Trinajstić information content (AvgIpc) is 3.00. The van der Waals surface area contributed by atoms with E-state index in [9.17, 15) is 4.79 Å². The van der Waals surface area contributed by atoms with Crippen LogP contribution in [-0.2, 0) is 0 Å². The number of nitrogens with zero attached hydrogens (tertiary/aromatic N) is 3. The van der Waals surface area contributed by atoms with Crippen molar-refractivity contribution in [2.75, 3.05) is 19.6 Å². The minimum atomic E-state index is -0.00465. The van der Waals surface area contributed by atoms with Crippen LogP contribution >= 0.6 is 0 Å². The Labute approximate surface area is 130 Å². The highest BCUT2D eigenvalue weighted by Crippen LogP contribution is 2.32. The number of aryl methyl sites for hydroxylation is 1. The normalized spacial score (nSPS) is 21.1. The Morgan fingerprint density at radius 3 is 2.77 bits per heavy atom. The van der Waals surface area contributed by atoms with Crippen molar-refractivity contribution in [2.45, 2.75) is 12.8 Å². The molecule has 1 aliphatic rings. The quantitative estimate of drug-likeness (QED) is 0.934. The first-order valence-corrected chi connectivity index (χ1v) is 7.51. The molecule has 0 spiro atoms. The number of rotatable bonds is 3. The van der Waals surface area contributed by atoms with Crippen LogP contribution in [0.25, 0.3) is 0 Å². The SMILES string of the molecule is Cc1ncncc1C(=O)N1C[C@@H](CN)[C@H](c2ccccc2)C1. The maximum Gasteiger partial charge on any atom is 0.257 e. The van der Waals surface area contributed by atoms with Crippen molar-refractivity contribution in [3.63, 3.8) is 0 Å². The first-order valence-electron chi connectivity index (χ1n) is 7.51. The van der Waals surface area contributed by atoms with E-state index in [2.05, 4.69) is 22.1 Å². The molecule has 114 valence electrons. The number of amides is 1. The van der Waals surface area contributed by atoms with Crippen molar-refractivity contribution in [1.82, 2.24) is 14.9 Å². The molecule has 2 N–H and O–H groups in total. The van der Waals surface area contributed by atoms with Crippen LogP contribution in [0.3, 0.4) is 0 Å². The van der Waals surface area contributed by atoms with E-state index in [1.807, 2.05) is 30.0 Å². The maximum absolute atomic E-state index is 12.7. The molecule has 2 aromatic rings. The third-order valence-electron chi connectivity index (χ3n) is 4.40. The van der Waals surface area contributed by atoms with Gasteiger partial charge in [0.1, 0.15) is 6.33 Å². The van der Waals surface area contributed by atoms with Gasteiger partial charge in [0, 0.05) is 25.2 Å². The molecule has 1 aromatic heterocycles. The van der Waals surface area contributed by atoms with E-state index in [-0.39, 0.29) is 11.8 Å². The molecule has 0 radical (unpaired) electrons. The molecule has 1 amide bonds. The monoisotopic (exact) mass is 296 g/mol. The molecule has 1 fully saturated rings. The van der Waals surface area contributed by atoms with Crippen molar-refractivity contribution in [2.24, 2.45) is 11.7 Å². The van der Waals surface area contributed by atoms with Crippen molar-refractivity contribution in [1.29, 1.82) is 0 Å². The minimum absolute atomic E-state index is 0.00465. The largest absolute Gasteiger partial charge is 0.338 e. The average molecular weight is 296 g/mol. The van der Waals surface area contributed by atoms with Gasteiger partial charge in [-0.15, -0.1) is 0 Å². The predicted octanol–water partition coefficient (Wildman–Crippen LogP) is 1.60. The van der Waals surface area contributed by atoms with E-state index < -0.39 is 0 Å². The molecule has 1 saturated heterocycles. The van der Waals surface area contributed by atoms with Gasteiger partial charge in [-0.1, -0.05) is 30.3 Å². The lowest BCUT2D eigenvalue weighted by Crippen LogP contribution is -2.30. The van der Waals surface area contributed by atoms with Gasteiger partial charge < -0.3 is 10.6 Å². The van der Waals surface area contributed by atoms with Gasteiger partial charge in [-0.3, -0.25) is 4.79 Å². The molecule has 5 nitrogen and oxygen atoms in total. The first kappa shape index (κ1) is 14.7. The number of hydrogen-bond donors (Lipinski definition) is 1. The molecule has 3 rings (SSSR count). The number of nitrogens with two attached hydrogens (primary N) is 1. The number of hydrogen-bond acceptors (Lipinski definition) is 4. The molecule has 1 aliphatic heterocycles. The molecule has 2 atom stereocenters. The van der Waals surface area contributed by atoms with Crippen molar-refractivity contribution in [3.05, 3.63) is 59.7 Å². The highest BCUT2D eigenvalue weighted by Gasteiger charge is 2.36. The number of carbonyl (C=O) groups is 1. The van der Waals surface area contributed by atoms with Crippen LogP contribution in [0.15, 0.2) is 42.9 Å². The molecule has 0 unspecified atom stereocenters. The second kappa shape index (κ2) is 6.23. The van der Waals surface area contributed by atoms with Crippen LogP contribution < -0.4 is 5.73 Å². The van der Waals surface area contributed by atoms with E-state index in [1.54, 1.807) is 6.20 Å². The Bertz CT molecular complexity index is 659. The predicted molar refractivity (Wildman–Crippen MR) is 84.4 cm³/mol. The summed E-state index contributed by atoms with van der Waals surface area (Å²) in [4.78, 5) is 22.7. The van der Waals surface area contributed by atoms with Gasteiger partial charge in [0.2, 0.25) is 0 Å². The van der Waals surface area contributed by atoms with Crippen LogP contribution in [0.4, 0.5) is 0 Å². The molecular formula is C17H20N4O. The fourth-order valence-corrected chi connectivity index (χ4v) is 3.12. The summed E-state index contributed by atoms with van der Waals surface area (Å²) >= 11 is 0. The lowest BCUT2D eigenvalue weighted by atomic mass is 9.89. The third kappa shape index (κ3) is 2.72. The van der Waals surface area contributed by atoms with Gasteiger partial charge in [-0.05, 0) is 24.9 Å². The summed E-state index contributed by atoms with van der Waals surface area (Å²) in [6.07, 6.45) is 3.06. The van der Waals surface area contributed by atoms with Crippen LogP contribution in [0.5, 0.6) is 0 Å².